The number of aliphatic imine (C=N–C) groups is 1. The minimum Gasteiger partial charge on any atom is -0.395 e. The topological polar surface area (TPSA) is 66.2 Å². The first-order valence-corrected chi connectivity index (χ1v) is 10.2. The summed E-state index contributed by atoms with van der Waals surface area (Å²) in [5.74, 6) is -0.201. The first kappa shape index (κ1) is 20.1. The van der Waals surface area contributed by atoms with Gasteiger partial charge in [-0.1, -0.05) is 24.3 Å². The smallest absolute Gasteiger partial charge is 0.128 e. The Hall–Kier alpha value is -3.15. The molecule has 1 aromatic heterocycles. The van der Waals surface area contributed by atoms with Gasteiger partial charge in [-0.2, -0.15) is 0 Å². The Bertz CT molecular complexity index is 1030. The summed E-state index contributed by atoms with van der Waals surface area (Å²) >= 11 is 0. The number of benzene rings is 2. The Kier molecular flexibility index (Phi) is 5.57. The van der Waals surface area contributed by atoms with Crippen molar-refractivity contribution in [3.8, 4) is 0 Å². The Labute approximate surface area is 175 Å². The van der Waals surface area contributed by atoms with Gasteiger partial charge >= 0.3 is 0 Å². The SMILES string of the molecule is CC1(F)CCC(c2ccc(Nc3c[nH]c(C=Nc4ccccc4)c3N)cc2F)CC1. The van der Waals surface area contributed by atoms with Gasteiger partial charge in [-0.15, -0.1) is 0 Å². The molecule has 30 heavy (non-hydrogen) atoms. The summed E-state index contributed by atoms with van der Waals surface area (Å²) < 4.78 is 28.8. The van der Waals surface area contributed by atoms with Crippen molar-refractivity contribution in [2.24, 2.45) is 4.99 Å². The molecule has 0 bridgehead atoms. The summed E-state index contributed by atoms with van der Waals surface area (Å²) in [6.07, 6.45) is 5.70. The summed E-state index contributed by atoms with van der Waals surface area (Å²) in [5, 5.41) is 3.16. The van der Waals surface area contributed by atoms with Gasteiger partial charge in [-0.3, -0.25) is 4.99 Å². The maximum atomic E-state index is 14.8. The number of halogens is 2. The lowest BCUT2D eigenvalue weighted by atomic mass is 9.78. The molecule has 0 atom stereocenters. The molecule has 1 fully saturated rings. The minimum absolute atomic E-state index is 0.0704. The van der Waals surface area contributed by atoms with Crippen LogP contribution in [0.3, 0.4) is 0 Å². The Morgan fingerprint density at radius 2 is 1.90 bits per heavy atom. The molecule has 1 saturated carbocycles. The number of para-hydroxylation sites is 1. The number of hydrogen-bond acceptors (Lipinski definition) is 3. The molecule has 2 aromatic carbocycles. The van der Waals surface area contributed by atoms with Crippen molar-refractivity contribution in [3.05, 3.63) is 71.8 Å². The van der Waals surface area contributed by atoms with Crippen molar-refractivity contribution >= 4 is 29.0 Å². The predicted molar refractivity (Wildman–Crippen MR) is 119 cm³/mol. The van der Waals surface area contributed by atoms with E-state index in [0.29, 0.717) is 54.0 Å². The van der Waals surface area contributed by atoms with Crippen LogP contribution in [0, 0.1) is 5.82 Å². The van der Waals surface area contributed by atoms with Gasteiger partial charge in [0.1, 0.15) is 11.5 Å². The van der Waals surface area contributed by atoms with E-state index >= 15 is 0 Å². The predicted octanol–water partition coefficient (Wildman–Crippen LogP) is 6.62. The molecule has 0 spiro atoms. The van der Waals surface area contributed by atoms with Crippen LogP contribution >= 0.6 is 0 Å². The second-order valence-electron chi connectivity index (χ2n) is 8.17. The summed E-state index contributed by atoms with van der Waals surface area (Å²) in [6.45, 7) is 1.63. The fourth-order valence-electron chi connectivity index (χ4n) is 3.94. The lowest BCUT2D eigenvalue weighted by molar-refractivity contribution is 0.119. The van der Waals surface area contributed by atoms with Gasteiger partial charge in [-0.05, 0) is 68.4 Å². The van der Waals surface area contributed by atoms with E-state index in [2.05, 4.69) is 15.3 Å². The van der Waals surface area contributed by atoms with Gasteiger partial charge < -0.3 is 16.0 Å². The zero-order valence-electron chi connectivity index (χ0n) is 17.0. The van der Waals surface area contributed by atoms with Crippen LogP contribution in [0.2, 0.25) is 0 Å². The van der Waals surface area contributed by atoms with Gasteiger partial charge in [0.05, 0.1) is 29.0 Å². The Balaban J connectivity index is 1.45. The third-order valence-corrected chi connectivity index (χ3v) is 5.80. The largest absolute Gasteiger partial charge is 0.395 e. The van der Waals surface area contributed by atoms with Crippen molar-refractivity contribution in [3.63, 3.8) is 0 Å². The number of hydrogen-bond donors (Lipinski definition) is 3. The van der Waals surface area contributed by atoms with Crippen LogP contribution in [-0.2, 0) is 0 Å². The van der Waals surface area contributed by atoms with Gasteiger partial charge in [0.15, 0.2) is 0 Å². The zero-order valence-corrected chi connectivity index (χ0v) is 17.0. The van der Waals surface area contributed by atoms with E-state index in [1.54, 1.807) is 25.4 Å². The van der Waals surface area contributed by atoms with Crippen LogP contribution in [0.5, 0.6) is 0 Å². The first-order chi connectivity index (χ1) is 14.4. The molecule has 1 aliphatic carbocycles. The number of aromatic nitrogens is 1. The van der Waals surface area contributed by atoms with E-state index in [-0.39, 0.29) is 11.7 Å². The van der Waals surface area contributed by atoms with Gasteiger partial charge in [-0.25, -0.2) is 8.78 Å². The van der Waals surface area contributed by atoms with E-state index in [1.165, 1.54) is 6.07 Å². The number of anilines is 3. The number of nitrogens with zero attached hydrogens (tertiary/aromatic N) is 1. The highest BCUT2D eigenvalue weighted by Gasteiger charge is 2.32. The van der Waals surface area contributed by atoms with Crippen molar-refractivity contribution in [1.29, 1.82) is 0 Å². The molecule has 4 N–H and O–H groups in total. The standard InChI is InChI=1S/C24H26F2N4/c1-24(26)11-9-16(10-12-24)19-8-7-18(13-20(19)25)30-22-15-29-21(23(22)27)14-28-17-5-3-2-4-6-17/h2-8,13-16,29-30H,9-12,27H2,1H3. The molecule has 4 rings (SSSR count). The third kappa shape index (κ3) is 4.53. The second kappa shape index (κ2) is 8.30. The molecule has 1 aliphatic rings. The van der Waals surface area contributed by atoms with E-state index in [9.17, 15) is 8.78 Å². The molecule has 6 heteroatoms. The van der Waals surface area contributed by atoms with Crippen molar-refractivity contribution in [2.75, 3.05) is 11.1 Å². The summed E-state index contributed by atoms with van der Waals surface area (Å²) in [4.78, 5) is 7.48. The zero-order chi connectivity index (χ0) is 21.1. The van der Waals surface area contributed by atoms with E-state index in [4.69, 9.17) is 5.73 Å². The van der Waals surface area contributed by atoms with Crippen molar-refractivity contribution in [2.45, 2.75) is 44.2 Å². The maximum absolute atomic E-state index is 14.8. The van der Waals surface area contributed by atoms with Crippen LogP contribution in [-0.4, -0.2) is 16.9 Å². The van der Waals surface area contributed by atoms with Gasteiger partial charge in [0, 0.05) is 11.9 Å². The van der Waals surface area contributed by atoms with Crippen molar-refractivity contribution in [1.82, 2.24) is 4.98 Å². The molecular weight excluding hydrogens is 382 g/mol. The van der Waals surface area contributed by atoms with Crippen LogP contribution in [0.1, 0.15) is 49.8 Å². The fraction of sp³-hybridized carbons (Fsp3) is 0.292. The molecule has 0 unspecified atom stereocenters. The summed E-state index contributed by atoms with van der Waals surface area (Å²) in [6, 6.07) is 14.7. The molecule has 0 saturated heterocycles. The van der Waals surface area contributed by atoms with E-state index in [0.717, 1.165) is 5.69 Å². The third-order valence-electron chi connectivity index (χ3n) is 5.80. The van der Waals surface area contributed by atoms with Crippen LogP contribution in [0.15, 0.2) is 59.7 Å². The molecule has 4 nitrogen and oxygen atoms in total. The second-order valence-corrected chi connectivity index (χ2v) is 8.17. The molecule has 3 aromatic rings. The normalized spacial score (nSPS) is 21.8. The van der Waals surface area contributed by atoms with E-state index < -0.39 is 5.67 Å². The number of nitrogens with two attached hydrogens (primary N) is 1. The summed E-state index contributed by atoms with van der Waals surface area (Å²) in [7, 11) is 0. The highest BCUT2D eigenvalue weighted by atomic mass is 19.1. The average molecular weight is 408 g/mol. The van der Waals surface area contributed by atoms with Crippen molar-refractivity contribution < 1.29 is 8.78 Å². The number of nitrogens with one attached hydrogen (secondary N) is 2. The number of alkyl halides is 1. The average Bonchev–Trinajstić information content (AvgIpc) is 3.07. The first-order valence-electron chi connectivity index (χ1n) is 10.2. The summed E-state index contributed by atoms with van der Waals surface area (Å²) in [5.41, 5.74) is 9.03. The molecular formula is C24H26F2N4. The highest BCUT2D eigenvalue weighted by Crippen LogP contribution is 2.41. The lowest BCUT2D eigenvalue weighted by Crippen LogP contribution is -2.25. The minimum atomic E-state index is -1.12. The molecule has 0 amide bonds. The molecule has 0 radical (unpaired) electrons. The van der Waals surface area contributed by atoms with Crippen LogP contribution in [0.4, 0.5) is 31.5 Å². The number of H-pyrrole nitrogens is 1. The molecule has 1 heterocycles. The Morgan fingerprint density at radius 1 is 1.17 bits per heavy atom. The van der Waals surface area contributed by atoms with Gasteiger partial charge in [0.25, 0.3) is 0 Å². The molecule has 156 valence electrons. The number of rotatable bonds is 5. The lowest BCUT2D eigenvalue weighted by Gasteiger charge is -2.31. The Morgan fingerprint density at radius 3 is 2.60 bits per heavy atom. The monoisotopic (exact) mass is 408 g/mol. The molecule has 0 aliphatic heterocycles. The quantitative estimate of drug-likeness (QED) is 0.416. The highest BCUT2D eigenvalue weighted by molar-refractivity contribution is 5.92. The number of aromatic amines is 1. The number of nitrogen functional groups attached to an aromatic ring is 1. The van der Waals surface area contributed by atoms with Crippen LogP contribution < -0.4 is 11.1 Å². The van der Waals surface area contributed by atoms with Gasteiger partial charge in [0.2, 0.25) is 0 Å². The van der Waals surface area contributed by atoms with E-state index in [1.807, 2.05) is 36.4 Å². The maximum Gasteiger partial charge on any atom is 0.128 e. The fourth-order valence-corrected chi connectivity index (χ4v) is 3.94. The van der Waals surface area contributed by atoms with Crippen LogP contribution in [0.25, 0.3) is 0 Å².